The number of hydrogen-bond acceptors (Lipinski definition) is 5. The Labute approximate surface area is 98.2 Å². The van der Waals surface area contributed by atoms with Crippen molar-refractivity contribution in [1.82, 2.24) is 9.97 Å². The number of rotatable bonds is 5. The largest absolute Gasteiger partial charge is 0.364 e. The lowest BCUT2D eigenvalue weighted by molar-refractivity contribution is -0.384. The zero-order valence-electron chi connectivity index (χ0n) is 9.11. The van der Waals surface area contributed by atoms with Crippen LogP contribution in [-0.4, -0.2) is 21.4 Å². The summed E-state index contributed by atoms with van der Waals surface area (Å²) in [7, 11) is 0. The Bertz CT molecular complexity index is 384. The molecule has 1 heterocycles. The standard InChI is InChI=1S/C9H13ClN4O2/c1-6(2)3-4-11-9-7(14(15)16)8(10)12-5-13-9/h5-6H,3-4H2,1-2H3,(H,11,12,13). The second kappa shape index (κ2) is 5.60. The van der Waals surface area contributed by atoms with E-state index in [0.29, 0.717) is 12.5 Å². The highest BCUT2D eigenvalue weighted by Gasteiger charge is 2.20. The monoisotopic (exact) mass is 244 g/mol. The van der Waals surface area contributed by atoms with Crippen molar-refractivity contribution in [2.24, 2.45) is 5.92 Å². The lowest BCUT2D eigenvalue weighted by Crippen LogP contribution is -2.09. The fourth-order valence-electron chi connectivity index (χ4n) is 1.13. The Balaban J connectivity index is 2.79. The number of hydrogen-bond donors (Lipinski definition) is 1. The molecule has 1 aromatic heterocycles. The van der Waals surface area contributed by atoms with Gasteiger partial charge < -0.3 is 5.32 Å². The molecular formula is C9H13ClN4O2. The van der Waals surface area contributed by atoms with Crippen molar-refractivity contribution >= 4 is 23.1 Å². The summed E-state index contributed by atoms with van der Waals surface area (Å²) in [5.74, 6) is 0.689. The molecule has 6 nitrogen and oxygen atoms in total. The van der Waals surface area contributed by atoms with E-state index in [1.165, 1.54) is 6.33 Å². The summed E-state index contributed by atoms with van der Waals surface area (Å²) in [5.41, 5.74) is -0.270. The van der Waals surface area contributed by atoms with Crippen molar-refractivity contribution in [1.29, 1.82) is 0 Å². The topological polar surface area (TPSA) is 81.0 Å². The molecule has 1 rings (SSSR count). The van der Waals surface area contributed by atoms with Crippen LogP contribution >= 0.6 is 11.6 Å². The first-order valence-corrected chi connectivity index (χ1v) is 5.29. The molecule has 0 radical (unpaired) electrons. The van der Waals surface area contributed by atoms with E-state index in [0.717, 1.165) is 6.42 Å². The molecule has 0 unspecified atom stereocenters. The zero-order chi connectivity index (χ0) is 12.1. The normalized spacial score (nSPS) is 10.5. The molecule has 0 fully saturated rings. The Morgan fingerprint density at radius 2 is 2.25 bits per heavy atom. The SMILES string of the molecule is CC(C)CCNc1ncnc(Cl)c1[N+](=O)[O-]. The Morgan fingerprint density at radius 1 is 1.56 bits per heavy atom. The minimum atomic E-state index is -0.583. The molecule has 0 aliphatic heterocycles. The van der Waals surface area contributed by atoms with E-state index >= 15 is 0 Å². The first-order valence-electron chi connectivity index (χ1n) is 4.91. The van der Waals surface area contributed by atoms with Gasteiger partial charge in [0.15, 0.2) is 0 Å². The molecule has 1 N–H and O–H groups in total. The molecule has 16 heavy (non-hydrogen) atoms. The molecular weight excluding hydrogens is 232 g/mol. The van der Waals surface area contributed by atoms with Gasteiger partial charge in [0.2, 0.25) is 11.0 Å². The first kappa shape index (κ1) is 12.6. The van der Waals surface area contributed by atoms with Crippen LogP contribution in [0.5, 0.6) is 0 Å². The van der Waals surface area contributed by atoms with Crippen LogP contribution in [0.3, 0.4) is 0 Å². The maximum Gasteiger partial charge on any atom is 0.348 e. The number of anilines is 1. The molecule has 0 spiro atoms. The van der Waals surface area contributed by atoms with Gasteiger partial charge >= 0.3 is 5.69 Å². The fraction of sp³-hybridized carbons (Fsp3) is 0.556. The summed E-state index contributed by atoms with van der Waals surface area (Å²) >= 11 is 5.63. The highest BCUT2D eigenvalue weighted by Crippen LogP contribution is 2.28. The minimum absolute atomic E-state index is 0.146. The van der Waals surface area contributed by atoms with Crippen LogP contribution in [0.4, 0.5) is 11.5 Å². The first-order chi connectivity index (χ1) is 7.52. The van der Waals surface area contributed by atoms with Gasteiger partial charge in [-0.2, -0.15) is 0 Å². The third-order valence-corrected chi connectivity index (χ3v) is 2.25. The van der Waals surface area contributed by atoms with Gasteiger partial charge in [0.25, 0.3) is 0 Å². The quantitative estimate of drug-likeness (QED) is 0.489. The summed E-state index contributed by atoms with van der Waals surface area (Å²) < 4.78 is 0. The van der Waals surface area contributed by atoms with Crippen LogP contribution in [0.15, 0.2) is 6.33 Å². The van der Waals surface area contributed by atoms with Gasteiger partial charge in [0, 0.05) is 6.54 Å². The number of aromatic nitrogens is 2. The van der Waals surface area contributed by atoms with Crippen molar-refractivity contribution in [2.75, 3.05) is 11.9 Å². The molecule has 0 aromatic carbocycles. The lowest BCUT2D eigenvalue weighted by atomic mass is 10.1. The van der Waals surface area contributed by atoms with Gasteiger partial charge in [0.05, 0.1) is 4.92 Å². The van der Waals surface area contributed by atoms with Crippen molar-refractivity contribution in [3.05, 3.63) is 21.6 Å². The molecule has 0 bridgehead atoms. The van der Waals surface area contributed by atoms with E-state index in [4.69, 9.17) is 11.6 Å². The highest BCUT2D eigenvalue weighted by molar-refractivity contribution is 6.31. The Kier molecular flexibility index (Phi) is 4.42. The summed E-state index contributed by atoms with van der Waals surface area (Å²) in [5, 5.41) is 13.5. The number of nitro groups is 1. The van der Waals surface area contributed by atoms with E-state index in [1.54, 1.807) is 0 Å². The van der Waals surface area contributed by atoms with Crippen molar-refractivity contribution < 1.29 is 4.92 Å². The van der Waals surface area contributed by atoms with E-state index in [2.05, 4.69) is 29.1 Å². The minimum Gasteiger partial charge on any atom is -0.364 e. The van der Waals surface area contributed by atoms with Crippen molar-refractivity contribution in [3.63, 3.8) is 0 Å². The third kappa shape index (κ3) is 3.30. The second-order valence-corrected chi connectivity index (χ2v) is 4.09. The van der Waals surface area contributed by atoms with Crippen LogP contribution in [0.1, 0.15) is 20.3 Å². The zero-order valence-corrected chi connectivity index (χ0v) is 9.86. The molecule has 0 atom stereocenters. The molecule has 0 aliphatic rings. The number of nitrogens with one attached hydrogen (secondary N) is 1. The van der Waals surface area contributed by atoms with E-state index in [-0.39, 0.29) is 16.7 Å². The van der Waals surface area contributed by atoms with Gasteiger partial charge in [-0.15, -0.1) is 0 Å². The van der Waals surface area contributed by atoms with E-state index < -0.39 is 4.92 Å². The molecule has 88 valence electrons. The second-order valence-electron chi connectivity index (χ2n) is 3.73. The van der Waals surface area contributed by atoms with Crippen LogP contribution in [0.25, 0.3) is 0 Å². The third-order valence-electron chi connectivity index (χ3n) is 1.97. The maximum absolute atomic E-state index is 10.7. The summed E-state index contributed by atoms with van der Waals surface area (Å²) in [6.07, 6.45) is 2.10. The average Bonchev–Trinajstić information content (AvgIpc) is 2.16. The van der Waals surface area contributed by atoms with Crippen LogP contribution < -0.4 is 5.32 Å². The smallest absolute Gasteiger partial charge is 0.348 e. The van der Waals surface area contributed by atoms with Crippen LogP contribution in [-0.2, 0) is 0 Å². The van der Waals surface area contributed by atoms with Gasteiger partial charge in [-0.1, -0.05) is 25.4 Å². The molecule has 0 saturated heterocycles. The van der Waals surface area contributed by atoms with Gasteiger partial charge in [-0.25, -0.2) is 9.97 Å². The van der Waals surface area contributed by atoms with Crippen molar-refractivity contribution in [3.8, 4) is 0 Å². The molecule has 7 heteroatoms. The molecule has 0 saturated carbocycles. The van der Waals surface area contributed by atoms with E-state index in [9.17, 15) is 10.1 Å². The lowest BCUT2D eigenvalue weighted by Gasteiger charge is -2.07. The van der Waals surface area contributed by atoms with Crippen LogP contribution in [0.2, 0.25) is 5.15 Å². The Morgan fingerprint density at radius 3 is 2.81 bits per heavy atom. The fourth-order valence-corrected chi connectivity index (χ4v) is 1.33. The predicted molar refractivity (Wildman–Crippen MR) is 61.6 cm³/mol. The van der Waals surface area contributed by atoms with E-state index in [1.807, 2.05) is 0 Å². The predicted octanol–water partition coefficient (Wildman–Crippen LogP) is 2.50. The Hall–Kier alpha value is -1.43. The average molecular weight is 245 g/mol. The van der Waals surface area contributed by atoms with Gasteiger partial charge in [-0.05, 0) is 12.3 Å². The highest BCUT2D eigenvalue weighted by atomic mass is 35.5. The molecule has 0 aliphatic carbocycles. The maximum atomic E-state index is 10.7. The van der Waals surface area contributed by atoms with Crippen LogP contribution in [0, 0.1) is 16.0 Å². The number of halogens is 1. The summed E-state index contributed by atoms with van der Waals surface area (Å²) in [6.45, 7) is 4.76. The van der Waals surface area contributed by atoms with Gasteiger partial charge in [-0.3, -0.25) is 10.1 Å². The molecule has 0 amide bonds. The van der Waals surface area contributed by atoms with Gasteiger partial charge in [0.1, 0.15) is 6.33 Å². The summed E-state index contributed by atoms with van der Waals surface area (Å²) in [4.78, 5) is 17.5. The van der Waals surface area contributed by atoms with Crippen molar-refractivity contribution in [2.45, 2.75) is 20.3 Å². The number of nitrogens with zero attached hydrogens (tertiary/aromatic N) is 3. The molecule has 1 aromatic rings. The summed E-state index contributed by atoms with van der Waals surface area (Å²) in [6, 6.07) is 0.